The fourth-order valence-electron chi connectivity index (χ4n) is 3.13. The van der Waals surface area contributed by atoms with E-state index in [4.69, 9.17) is 0 Å². The molecule has 0 heterocycles. The molecular weight excluding hydrogens is 200 g/mol. The Kier molecular flexibility index (Phi) is 2.53. The zero-order valence-corrected chi connectivity index (χ0v) is 10.1. The van der Waals surface area contributed by atoms with Crippen LogP contribution in [-0.2, 0) is 16.6 Å². The van der Waals surface area contributed by atoms with Crippen molar-refractivity contribution >= 4 is 5.97 Å². The van der Waals surface area contributed by atoms with Crippen molar-refractivity contribution in [1.29, 1.82) is 0 Å². The van der Waals surface area contributed by atoms with Gasteiger partial charge in [0.05, 0.1) is 5.92 Å². The molecule has 2 nitrogen and oxygen atoms in total. The van der Waals surface area contributed by atoms with Crippen LogP contribution < -0.4 is 0 Å². The average Bonchev–Trinajstić information content (AvgIpc) is 2.15. The second-order valence-corrected chi connectivity index (χ2v) is 5.26. The van der Waals surface area contributed by atoms with Crippen LogP contribution in [0.5, 0.6) is 0 Å². The first-order chi connectivity index (χ1) is 7.44. The quantitative estimate of drug-likeness (QED) is 0.787. The lowest BCUT2D eigenvalue weighted by atomic mass is 9.64. The second kappa shape index (κ2) is 3.62. The standard InChI is InChI=1S/C14H18O2/c1-9-5-4-6-10-7-8-11(13(15)16)14(2,3)12(9)10/h4-6,11H,7-8H2,1-3H3,(H,15,16). The molecular formula is C14H18O2. The molecule has 1 atom stereocenters. The van der Waals surface area contributed by atoms with Crippen LogP contribution in [-0.4, -0.2) is 11.1 Å². The maximum absolute atomic E-state index is 11.3. The van der Waals surface area contributed by atoms with Crippen molar-refractivity contribution in [2.24, 2.45) is 5.92 Å². The first-order valence-corrected chi connectivity index (χ1v) is 5.76. The van der Waals surface area contributed by atoms with Crippen LogP contribution in [0.3, 0.4) is 0 Å². The highest BCUT2D eigenvalue weighted by Gasteiger charge is 2.41. The number of benzene rings is 1. The van der Waals surface area contributed by atoms with Gasteiger partial charge in [0.25, 0.3) is 0 Å². The molecule has 2 heteroatoms. The Balaban J connectivity index is 2.57. The number of carbonyl (C=O) groups is 1. The zero-order valence-electron chi connectivity index (χ0n) is 10.1. The molecule has 0 fully saturated rings. The highest BCUT2D eigenvalue weighted by molar-refractivity contribution is 5.73. The molecule has 1 N–H and O–H groups in total. The molecule has 0 amide bonds. The number of rotatable bonds is 1. The Bertz CT molecular complexity index is 432. The van der Waals surface area contributed by atoms with E-state index in [-0.39, 0.29) is 11.3 Å². The van der Waals surface area contributed by atoms with Gasteiger partial charge in [-0.15, -0.1) is 0 Å². The maximum atomic E-state index is 11.3. The number of aliphatic carboxylic acids is 1. The van der Waals surface area contributed by atoms with Crippen molar-refractivity contribution < 1.29 is 9.90 Å². The summed E-state index contributed by atoms with van der Waals surface area (Å²) in [6, 6.07) is 6.26. The lowest BCUT2D eigenvalue weighted by Crippen LogP contribution is -2.39. The van der Waals surface area contributed by atoms with Crippen molar-refractivity contribution in [2.75, 3.05) is 0 Å². The van der Waals surface area contributed by atoms with Crippen molar-refractivity contribution in [2.45, 2.75) is 39.0 Å². The van der Waals surface area contributed by atoms with E-state index in [0.717, 1.165) is 12.8 Å². The van der Waals surface area contributed by atoms with E-state index in [2.05, 4.69) is 39.0 Å². The molecule has 0 saturated heterocycles. The van der Waals surface area contributed by atoms with Gasteiger partial charge < -0.3 is 5.11 Å². The lowest BCUT2D eigenvalue weighted by molar-refractivity contribution is -0.144. The molecule has 1 unspecified atom stereocenters. The van der Waals surface area contributed by atoms with Gasteiger partial charge in [-0.05, 0) is 36.5 Å². The molecule has 0 saturated carbocycles. The van der Waals surface area contributed by atoms with Crippen LogP contribution in [0, 0.1) is 12.8 Å². The lowest BCUT2D eigenvalue weighted by Gasteiger charge is -2.39. The minimum atomic E-state index is -0.668. The fraction of sp³-hybridized carbons (Fsp3) is 0.500. The van der Waals surface area contributed by atoms with E-state index in [0.29, 0.717) is 0 Å². The Morgan fingerprint density at radius 1 is 1.44 bits per heavy atom. The molecule has 0 aliphatic heterocycles. The predicted octanol–water partition coefficient (Wildman–Crippen LogP) is 2.92. The van der Waals surface area contributed by atoms with Crippen molar-refractivity contribution in [3.05, 3.63) is 34.9 Å². The summed E-state index contributed by atoms with van der Waals surface area (Å²) in [5, 5.41) is 9.29. The molecule has 0 aromatic heterocycles. The average molecular weight is 218 g/mol. The third kappa shape index (κ3) is 1.53. The molecule has 1 aliphatic rings. The van der Waals surface area contributed by atoms with Gasteiger partial charge in [0.1, 0.15) is 0 Å². The van der Waals surface area contributed by atoms with Gasteiger partial charge in [0.2, 0.25) is 0 Å². The van der Waals surface area contributed by atoms with E-state index < -0.39 is 5.97 Å². The molecule has 0 spiro atoms. The summed E-state index contributed by atoms with van der Waals surface area (Å²) in [7, 11) is 0. The summed E-state index contributed by atoms with van der Waals surface area (Å²) in [5.41, 5.74) is 3.52. The summed E-state index contributed by atoms with van der Waals surface area (Å²) < 4.78 is 0. The van der Waals surface area contributed by atoms with Gasteiger partial charge in [-0.1, -0.05) is 32.0 Å². The number of hydrogen-bond acceptors (Lipinski definition) is 1. The third-order valence-electron chi connectivity index (χ3n) is 3.88. The minimum Gasteiger partial charge on any atom is -0.481 e. The van der Waals surface area contributed by atoms with E-state index in [1.54, 1.807) is 0 Å². The van der Waals surface area contributed by atoms with Crippen LogP contribution in [0.4, 0.5) is 0 Å². The van der Waals surface area contributed by atoms with E-state index >= 15 is 0 Å². The molecule has 1 aliphatic carbocycles. The first-order valence-electron chi connectivity index (χ1n) is 5.76. The van der Waals surface area contributed by atoms with E-state index in [1.165, 1.54) is 16.7 Å². The van der Waals surface area contributed by atoms with Crippen LogP contribution >= 0.6 is 0 Å². The topological polar surface area (TPSA) is 37.3 Å². The van der Waals surface area contributed by atoms with Crippen LogP contribution in [0.2, 0.25) is 0 Å². The summed E-state index contributed by atoms with van der Waals surface area (Å²) in [5.74, 6) is -0.931. The van der Waals surface area contributed by atoms with E-state index in [9.17, 15) is 9.90 Å². The Hall–Kier alpha value is -1.31. The largest absolute Gasteiger partial charge is 0.481 e. The second-order valence-electron chi connectivity index (χ2n) is 5.26. The summed E-state index contributed by atoms with van der Waals surface area (Å²) in [6.07, 6.45) is 1.64. The van der Waals surface area contributed by atoms with Crippen molar-refractivity contribution in [3.8, 4) is 0 Å². The summed E-state index contributed by atoms with van der Waals surface area (Å²) in [4.78, 5) is 11.3. The Morgan fingerprint density at radius 3 is 2.75 bits per heavy atom. The monoisotopic (exact) mass is 218 g/mol. The van der Waals surface area contributed by atoms with Gasteiger partial charge in [0, 0.05) is 5.41 Å². The normalized spacial score (nSPS) is 22.6. The van der Waals surface area contributed by atoms with Crippen LogP contribution in [0.15, 0.2) is 18.2 Å². The highest BCUT2D eigenvalue weighted by atomic mass is 16.4. The first kappa shape index (κ1) is 11.2. The minimum absolute atomic E-state index is 0.259. The van der Waals surface area contributed by atoms with Gasteiger partial charge in [0.15, 0.2) is 0 Å². The van der Waals surface area contributed by atoms with Crippen LogP contribution in [0.1, 0.15) is 37.0 Å². The maximum Gasteiger partial charge on any atom is 0.307 e. The number of carboxylic acids is 1. The van der Waals surface area contributed by atoms with Crippen molar-refractivity contribution in [3.63, 3.8) is 0 Å². The Morgan fingerprint density at radius 2 is 2.12 bits per heavy atom. The van der Waals surface area contributed by atoms with E-state index in [1.807, 2.05) is 0 Å². The number of aryl methyl sites for hydroxylation is 2. The smallest absolute Gasteiger partial charge is 0.307 e. The number of fused-ring (bicyclic) bond motifs is 1. The SMILES string of the molecule is Cc1cccc2c1C(C)(C)C(C(=O)O)CC2. The molecule has 0 radical (unpaired) electrons. The highest BCUT2D eigenvalue weighted by Crippen LogP contribution is 2.42. The molecule has 16 heavy (non-hydrogen) atoms. The zero-order chi connectivity index (χ0) is 11.9. The fourth-order valence-corrected chi connectivity index (χ4v) is 3.13. The number of hydrogen-bond donors (Lipinski definition) is 1. The van der Waals surface area contributed by atoms with Gasteiger partial charge in [-0.2, -0.15) is 0 Å². The van der Waals surface area contributed by atoms with Gasteiger partial charge in [-0.25, -0.2) is 0 Å². The third-order valence-corrected chi connectivity index (χ3v) is 3.88. The number of carboxylic acid groups (broad SMARTS) is 1. The molecule has 2 rings (SSSR count). The van der Waals surface area contributed by atoms with Gasteiger partial charge >= 0.3 is 5.97 Å². The summed E-state index contributed by atoms with van der Waals surface area (Å²) >= 11 is 0. The molecule has 0 bridgehead atoms. The van der Waals surface area contributed by atoms with Gasteiger partial charge in [-0.3, -0.25) is 4.79 Å². The van der Waals surface area contributed by atoms with Crippen molar-refractivity contribution in [1.82, 2.24) is 0 Å². The molecule has 86 valence electrons. The molecule has 1 aromatic carbocycles. The van der Waals surface area contributed by atoms with Crippen LogP contribution in [0.25, 0.3) is 0 Å². The molecule has 1 aromatic rings. The predicted molar refractivity (Wildman–Crippen MR) is 63.7 cm³/mol. The Labute approximate surface area is 96.3 Å². The summed E-state index contributed by atoms with van der Waals surface area (Å²) in [6.45, 7) is 6.18.